The highest BCUT2D eigenvalue weighted by Crippen LogP contribution is 2.12. The van der Waals surface area contributed by atoms with E-state index in [0.717, 1.165) is 32.0 Å². The van der Waals surface area contributed by atoms with Crippen molar-refractivity contribution in [2.75, 3.05) is 25.0 Å². The summed E-state index contributed by atoms with van der Waals surface area (Å²) in [6, 6.07) is 3.31. The molecule has 1 unspecified atom stereocenters. The van der Waals surface area contributed by atoms with Crippen molar-refractivity contribution >= 4 is 11.7 Å². The number of hydrogen-bond acceptors (Lipinski definition) is 4. The predicted octanol–water partition coefficient (Wildman–Crippen LogP) is 0.592. The Balaban J connectivity index is 1.81. The number of carbonyl (C=O) groups excluding carboxylic acids is 1. The molecule has 1 aromatic rings. The fourth-order valence-electron chi connectivity index (χ4n) is 2.05. The number of pyridine rings is 1. The van der Waals surface area contributed by atoms with E-state index in [2.05, 4.69) is 15.6 Å². The smallest absolute Gasteiger partial charge is 0.248 e. The van der Waals surface area contributed by atoms with Crippen molar-refractivity contribution in [1.82, 2.24) is 10.3 Å². The van der Waals surface area contributed by atoms with Crippen LogP contribution in [0.15, 0.2) is 18.3 Å². The van der Waals surface area contributed by atoms with Gasteiger partial charge in [0.2, 0.25) is 5.91 Å². The molecule has 1 saturated heterocycles. The number of aromatic nitrogens is 1. The van der Waals surface area contributed by atoms with Gasteiger partial charge in [-0.1, -0.05) is 0 Å². The minimum Gasteiger partial charge on any atom is -0.370 e. The largest absolute Gasteiger partial charge is 0.370 e. The van der Waals surface area contributed by atoms with E-state index in [4.69, 9.17) is 5.73 Å². The van der Waals surface area contributed by atoms with Gasteiger partial charge in [-0.3, -0.25) is 4.79 Å². The topological polar surface area (TPSA) is 80.0 Å². The van der Waals surface area contributed by atoms with E-state index in [0.29, 0.717) is 11.4 Å². The van der Waals surface area contributed by atoms with Gasteiger partial charge in [0.25, 0.3) is 0 Å². The van der Waals surface area contributed by atoms with E-state index in [1.165, 1.54) is 6.42 Å². The van der Waals surface area contributed by atoms with Crippen LogP contribution in [0.25, 0.3) is 0 Å². The minimum absolute atomic E-state index is 0.421. The highest BCUT2D eigenvalue weighted by atomic mass is 16.1. The van der Waals surface area contributed by atoms with Crippen molar-refractivity contribution in [2.45, 2.75) is 12.8 Å². The Hall–Kier alpha value is -1.62. The fourth-order valence-corrected chi connectivity index (χ4v) is 2.05. The Bertz CT molecular complexity index is 388. The van der Waals surface area contributed by atoms with Crippen LogP contribution in [0, 0.1) is 5.92 Å². The summed E-state index contributed by atoms with van der Waals surface area (Å²) in [5, 5.41) is 6.56. The molecule has 2 heterocycles. The lowest BCUT2D eigenvalue weighted by Gasteiger charge is -2.10. The van der Waals surface area contributed by atoms with Crippen LogP contribution in [0.5, 0.6) is 0 Å². The van der Waals surface area contributed by atoms with E-state index >= 15 is 0 Å². The van der Waals surface area contributed by atoms with Crippen molar-refractivity contribution in [3.05, 3.63) is 23.9 Å². The number of carbonyl (C=O) groups is 1. The highest BCUT2D eigenvalue weighted by molar-refractivity contribution is 5.93. The second-order valence-electron chi connectivity index (χ2n) is 4.37. The first kappa shape index (κ1) is 11.9. The fraction of sp³-hybridized carbons (Fsp3) is 0.500. The van der Waals surface area contributed by atoms with E-state index in [-0.39, 0.29) is 0 Å². The third-order valence-electron chi connectivity index (χ3n) is 3.07. The third-order valence-corrected chi connectivity index (χ3v) is 3.07. The van der Waals surface area contributed by atoms with Gasteiger partial charge in [0.05, 0.1) is 0 Å². The minimum atomic E-state index is -0.421. The van der Waals surface area contributed by atoms with Crippen LogP contribution in [0.3, 0.4) is 0 Å². The lowest BCUT2D eigenvalue weighted by atomic mass is 10.1. The predicted molar refractivity (Wildman–Crippen MR) is 66.8 cm³/mol. The van der Waals surface area contributed by atoms with Crippen LogP contribution >= 0.6 is 0 Å². The van der Waals surface area contributed by atoms with Gasteiger partial charge in [0, 0.05) is 18.3 Å². The number of nitrogens with one attached hydrogen (secondary N) is 2. The lowest BCUT2D eigenvalue weighted by Crippen LogP contribution is -2.14. The molecular formula is C12H18N4O. The van der Waals surface area contributed by atoms with Gasteiger partial charge in [-0.15, -0.1) is 0 Å². The van der Waals surface area contributed by atoms with Crippen molar-refractivity contribution in [1.29, 1.82) is 0 Å². The van der Waals surface area contributed by atoms with Gasteiger partial charge < -0.3 is 16.4 Å². The maximum Gasteiger partial charge on any atom is 0.248 e. The Kier molecular flexibility index (Phi) is 3.93. The summed E-state index contributed by atoms with van der Waals surface area (Å²) < 4.78 is 0. The molecule has 1 atom stereocenters. The van der Waals surface area contributed by atoms with Crippen molar-refractivity contribution in [3.8, 4) is 0 Å². The second kappa shape index (κ2) is 5.63. The summed E-state index contributed by atoms with van der Waals surface area (Å²) >= 11 is 0. The molecule has 1 aromatic heterocycles. The Morgan fingerprint density at radius 3 is 3.24 bits per heavy atom. The molecule has 0 aliphatic carbocycles. The molecule has 1 amide bonds. The summed E-state index contributed by atoms with van der Waals surface area (Å²) in [4.78, 5) is 15.1. The number of nitrogens with two attached hydrogens (primary N) is 1. The zero-order valence-corrected chi connectivity index (χ0v) is 9.78. The Morgan fingerprint density at radius 2 is 2.53 bits per heavy atom. The van der Waals surface area contributed by atoms with Gasteiger partial charge in [-0.05, 0) is 44.0 Å². The molecule has 17 heavy (non-hydrogen) atoms. The van der Waals surface area contributed by atoms with Crippen LogP contribution in [0.4, 0.5) is 5.82 Å². The molecule has 0 radical (unpaired) electrons. The highest BCUT2D eigenvalue weighted by Gasteiger charge is 2.13. The quantitative estimate of drug-likeness (QED) is 0.696. The van der Waals surface area contributed by atoms with Gasteiger partial charge in [0.1, 0.15) is 5.82 Å². The molecule has 5 nitrogen and oxygen atoms in total. The van der Waals surface area contributed by atoms with Crippen LogP contribution in [0.2, 0.25) is 0 Å². The maximum atomic E-state index is 11.0. The summed E-state index contributed by atoms with van der Waals surface area (Å²) in [7, 11) is 0. The van der Waals surface area contributed by atoms with E-state index < -0.39 is 5.91 Å². The summed E-state index contributed by atoms with van der Waals surface area (Å²) in [5.41, 5.74) is 5.70. The molecule has 2 rings (SSSR count). The van der Waals surface area contributed by atoms with Gasteiger partial charge in [-0.25, -0.2) is 4.98 Å². The normalized spacial score (nSPS) is 19.2. The van der Waals surface area contributed by atoms with Crippen molar-refractivity contribution in [2.24, 2.45) is 11.7 Å². The number of primary amides is 1. The average Bonchev–Trinajstić information content (AvgIpc) is 2.82. The molecule has 0 saturated carbocycles. The Morgan fingerprint density at radius 1 is 1.65 bits per heavy atom. The number of hydrogen-bond donors (Lipinski definition) is 3. The molecule has 0 aromatic carbocycles. The number of anilines is 1. The molecule has 4 N–H and O–H groups in total. The van der Waals surface area contributed by atoms with E-state index in [1.807, 2.05) is 0 Å². The van der Waals surface area contributed by atoms with Crippen LogP contribution in [0.1, 0.15) is 23.2 Å². The molecule has 92 valence electrons. The monoisotopic (exact) mass is 234 g/mol. The van der Waals surface area contributed by atoms with Crippen molar-refractivity contribution in [3.63, 3.8) is 0 Å². The van der Waals surface area contributed by atoms with Gasteiger partial charge in [-0.2, -0.15) is 0 Å². The third kappa shape index (κ3) is 3.42. The zero-order chi connectivity index (χ0) is 12.1. The van der Waals surface area contributed by atoms with Crippen molar-refractivity contribution < 1.29 is 4.79 Å². The van der Waals surface area contributed by atoms with Crippen LogP contribution in [-0.2, 0) is 0 Å². The molecule has 5 heteroatoms. The second-order valence-corrected chi connectivity index (χ2v) is 4.37. The van der Waals surface area contributed by atoms with E-state index in [9.17, 15) is 4.79 Å². The van der Waals surface area contributed by atoms with Gasteiger partial charge in [0.15, 0.2) is 0 Å². The van der Waals surface area contributed by atoms with Crippen LogP contribution < -0.4 is 16.4 Å². The lowest BCUT2D eigenvalue weighted by molar-refractivity contribution is 0.1000. The molecule has 1 fully saturated rings. The Labute approximate surface area is 101 Å². The number of nitrogens with zero attached hydrogens (tertiary/aromatic N) is 1. The molecule has 0 spiro atoms. The first-order valence-corrected chi connectivity index (χ1v) is 5.96. The molecule has 0 bridgehead atoms. The first-order chi connectivity index (χ1) is 8.25. The van der Waals surface area contributed by atoms with Gasteiger partial charge >= 0.3 is 0 Å². The standard InChI is InChI=1S/C12H18N4O/c13-12(17)10-3-6-16-11(7-10)15-5-2-9-1-4-14-8-9/h3,6-7,9,14H,1-2,4-5,8H2,(H2,13,17)(H,15,16). The van der Waals surface area contributed by atoms with E-state index in [1.54, 1.807) is 18.3 Å². The summed E-state index contributed by atoms with van der Waals surface area (Å²) in [6.45, 7) is 3.11. The summed E-state index contributed by atoms with van der Waals surface area (Å²) in [5.74, 6) is 1.05. The maximum absolute atomic E-state index is 11.0. The molecule has 1 aliphatic rings. The zero-order valence-electron chi connectivity index (χ0n) is 9.78. The number of amides is 1. The summed E-state index contributed by atoms with van der Waals surface area (Å²) in [6.07, 6.45) is 3.96. The molecule has 1 aliphatic heterocycles. The average molecular weight is 234 g/mol. The SMILES string of the molecule is NC(=O)c1ccnc(NCCC2CCNC2)c1. The first-order valence-electron chi connectivity index (χ1n) is 5.96. The molecular weight excluding hydrogens is 216 g/mol. The van der Waals surface area contributed by atoms with Crippen LogP contribution in [-0.4, -0.2) is 30.5 Å². The number of rotatable bonds is 5.